The number of hydrogen-bond acceptors (Lipinski definition) is 6. The summed E-state index contributed by atoms with van der Waals surface area (Å²) in [6.07, 6.45) is 6.46. The van der Waals surface area contributed by atoms with E-state index in [2.05, 4.69) is 32.4 Å². The molecule has 0 radical (unpaired) electrons. The van der Waals surface area contributed by atoms with Crippen molar-refractivity contribution in [3.63, 3.8) is 0 Å². The van der Waals surface area contributed by atoms with E-state index < -0.39 is 9.84 Å². The quantitative estimate of drug-likeness (QED) is 0.408. The van der Waals surface area contributed by atoms with Crippen LogP contribution in [0.5, 0.6) is 0 Å². The van der Waals surface area contributed by atoms with Crippen LogP contribution in [0.3, 0.4) is 0 Å². The number of aryl methyl sites for hydroxylation is 1. The number of fused-ring (bicyclic) bond motifs is 3. The standard InChI is InChI=1S/C28H22N4O3S/c1-17-13-20(36(2,34)35)5-8-23(17)31-26-15-21-19(16-30-26)9-12-29-24(21)7-4-18-3-6-22-25(14-18)32-27(33)28(22)10-11-28/h3,5-6,8-9,12-16H,10-11H2,1-2H3,(H,30,31)(H,32,33). The van der Waals surface area contributed by atoms with Gasteiger partial charge in [-0.2, -0.15) is 0 Å². The van der Waals surface area contributed by atoms with E-state index in [0.717, 1.165) is 51.7 Å². The van der Waals surface area contributed by atoms with Gasteiger partial charge in [-0.25, -0.2) is 18.4 Å². The van der Waals surface area contributed by atoms with Gasteiger partial charge in [-0.15, -0.1) is 0 Å². The van der Waals surface area contributed by atoms with Gasteiger partial charge in [0.05, 0.1) is 10.3 Å². The number of benzene rings is 2. The zero-order chi connectivity index (χ0) is 25.1. The summed E-state index contributed by atoms with van der Waals surface area (Å²) in [6.45, 7) is 1.85. The second-order valence-corrected chi connectivity index (χ2v) is 11.4. The van der Waals surface area contributed by atoms with Gasteiger partial charge in [-0.3, -0.25) is 4.79 Å². The maximum absolute atomic E-state index is 12.3. The van der Waals surface area contributed by atoms with Crippen molar-refractivity contribution in [3.05, 3.63) is 83.3 Å². The molecule has 1 amide bonds. The zero-order valence-corrected chi connectivity index (χ0v) is 20.5. The highest BCUT2D eigenvalue weighted by Crippen LogP contribution is 2.55. The number of carbonyl (C=O) groups excluding carboxylic acids is 1. The Kier molecular flexibility index (Phi) is 4.88. The van der Waals surface area contributed by atoms with E-state index >= 15 is 0 Å². The molecule has 6 rings (SSSR count). The summed E-state index contributed by atoms with van der Waals surface area (Å²) in [6, 6.07) is 14.6. The Bertz CT molecular complexity index is 1760. The van der Waals surface area contributed by atoms with Crippen molar-refractivity contribution in [3.8, 4) is 11.8 Å². The lowest BCUT2D eigenvalue weighted by atomic mass is 9.97. The van der Waals surface area contributed by atoms with Crippen molar-refractivity contribution in [1.82, 2.24) is 9.97 Å². The molecule has 0 bridgehead atoms. The number of sulfone groups is 1. The SMILES string of the molecule is Cc1cc(S(C)(=O)=O)ccc1Nc1cc2c(C#Cc3ccc4c(c3)NC(=O)C43CC3)nccc2cn1. The molecule has 1 aliphatic heterocycles. The van der Waals surface area contributed by atoms with Gasteiger partial charge >= 0.3 is 0 Å². The minimum atomic E-state index is -3.28. The van der Waals surface area contributed by atoms with Crippen molar-refractivity contribution in [2.45, 2.75) is 30.1 Å². The summed E-state index contributed by atoms with van der Waals surface area (Å²) < 4.78 is 23.7. The van der Waals surface area contributed by atoms with E-state index in [1.165, 1.54) is 6.26 Å². The second kappa shape index (κ2) is 7.90. The fraction of sp³-hybridized carbons (Fsp3) is 0.179. The molecule has 1 aliphatic carbocycles. The smallest absolute Gasteiger partial charge is 0.235 e. The Morgan fingerprint density at radius 1 is 1.03 bits per heavy atom. The van der Waals surface area contributed by atoms with Gasteiger partial charge < -0.3 is 10.6 Å². The summed E-state index contributed by atoms with van der Waals surface area (Å²) in [5.74, 6) is 7.05. The first kappa shape index (κ1) is 22.3. The van der Waals surface area contributed by atoms with Crippen molar-refractivity contribution in [1.29, 1.82) is 0 Å². The molecule has 1 fully saturated rings. The molecule has 1 spiro atoms. The lowest BCUT2D eigenvalue weighted by Gasteiger charge is -2.11. The molecule has 178 valence electrons. The van der Waals surface area contributed by atoms with Crippen LogP contribution in [0.15, 0.2) is 65.8 Å². The van der Waals surface area contributed by atoms with E-state index in [-0.39, 0.29) is 16.2 Å². The molecule has 36 heavy (non-hydrogen) atoms. The van der Waals surface area contributed by atoms with Crippen LogP contribution in [0.2, 0.25) is 0 Å². The number of pyridine rings is 2. The van der Waals surface area contributed by atoms with E-state index in [1.807, 2.05) is 37.3 Å². The van der Waals surface area contributed by atoms with Crippen molar-refractivity contribution < 1.29 is 13.2 Å². The van der Waals surface area contributed by atoms with Crippen LogP contribution in [0.1, 0.15) is 35.2 Å². The molecule has 0 saturated heterocycles. The predicted molar refractivity (Wildman–Crippen MR) is 139 cm³/mol. The van der Waals surface area contributed by atoms with E-state index in [9.17, 15) is 13.2 Å². The van der Waals surface area contributed by atoms with E-state index in [1.54, 1.807) is 30.6 Å². The Labute approximate surface area is 208 Å². The first-order chi connectivity index (χ1) is 17.2. The Morgan fingerprint density at radius 3 is 2.61 bits per heavy atom. The summed E-state index contributed by atoms with van der Waals surface area (Å²) in [5.41, 5.74) is 4.59. The van der Waals surface area contributed by atoms with Gasteiger partial charge in [0, 0.05) is 46.4 Å². The van der Waals surface area contributed by atoms with Gasteiger partial charge in [0.2, 0.25) is 5.91 Å². The molecule has 8 heteroatoms. The fourth-order valence-corrected chi connectivity index (χ4v) is 5.34. The minimum absolute atomic E-state index is 0.0899. The third kappa shape index (κ3) is 3.78. The maximum Gasteiger partial charge on any atom is 0.235 e. The molecule has 7 nitrogen and oxygen atoms in total. The first-order valence-corrected chi connectivity index (χ1v) is 13.4. The van der Waals surface area contributed by atoms with Gasteiger partial charge in [0.15, 0.2) is 9.84 Å². The molecule has 2 aromatic carbocycles. The van der Waals surface area contributed by atoms with Gasteiger partial charge in [-0.1, -0.05) is 12.0 Å². The number of hydrogen-bond donors (Lipinski definition) is 2. The first-order valence-electron chi connectivity index (χ1n) is 11.5. The highest BCUT2D eigenvalue weighted by molar-refractivity contribution is 7.90. The van der Waals surface area contributed by atoms with Crippen LogP contribution in [0, 0.1) is 18.8 Å². The lowest BCUT2D eigenvalue weighted by molar-refractivity contribution is -0.117. The van der Waals surface area contributed by atoms with Crippen LogP contribution in [-0.4, -0.2) is 30.5 Å². The Balaban J connectivity index is 1.31. The molecule has 2 aliphatic rings. The van der Waals surface area contributed by atoms with Crippen molar-refractivity contribution >= 4 is 43.7 Å². The molecular weight excluding hydrogens is 472 g/mol. The number of nitrogens with zero attached hydrogens (tertiary/aromatic N) is 2. The average Bonchev–Trinajstić information content (AvgIpc) is 3.60. The van der Waals surface area contributed by atoms with Crippen LogP contribution in [0.25, 0.3) is 10.8 Å². The van der Waals surface area contributed by atoms with E-state index in [4.69, 9.17) is 0 Å². The molecule has 2 N–H and O–H groups in total. The monoisotopic (exact) mass is 494 g/mol. The molecular formula is C28H22N4O3S. The zero-order valence-electron chi connectivity index (χ0n) is 19.7. The van der Waals surface area contributed by atoms with Crippen LogP contribution in [-0.2, 0) is 20.0 Å². The van der Waals surface area contributed by atoms with Crippen LogP contribution < -0.4 is 10.6 Å². The second-order valence-electron chi connectivity index (χ2n) is 9.37. The number of carbonyl (C=O) groups is 1. The number of nitrogens with one attached hydrogen (secondary N) is 2. The Morgan fingerprint density at radius 2 is 1.86 bits per heavy atom. The highest BCUT2D eigenvalue weighted by Gasteiger charge is 2.56. The summed E-state index contributed by atoms with van der Waals surface area (Å²) >= 11 is 0. The molecule has 1 saturated carbocycles. The topological polar surface area (TPSA) is 101 Å². The summed E-state index contributed by atoms with van der Waals surface area (Å²) in [5, 5.41) is 8.01. The minimum Gasteiger partial charge on any atom is -0.340 e. The Hall–Kier alpha value is -4.22. The largest absolute Gasteiger partial charge is 0.340 e. The molecule has 2 aromatic heterocycles. The molecule has 3 heterocycles. The van der Waals surface area contributed by atoms with Crippen LogP contribution in [0.4, 0.5) is 17.2 Å². The lowest BCUT2D eigenvalue weighted by Crippen LogP contribution is -2.18. The highest BCUT2D eigenvalue weighted by atomic mass is 32.2. The van der Waals surface area contributed by atoms with E-state index in [0.29, 0.717) is 11.5 Å². The van der Waals surface area contributed by atoms with Crippen LogP contribution >= 0.6 is 0 Å². The van der Waals surface area contributed by atoms with Crippen molar-refractivity contribution in [2.75, 3.05) is 16.9 Å². The molecule has 0 atom stereocenters. The normalized spacial score (nSPS) is 15.2. The third-order valence-corrected chi connectivity index (χ3v) is 7.94. The summed E-state index contributed by atoms with van der Waals surface area (Å²) in [4.78, 5) is 21.5. The number of anilines is 3. The van der Waals surface area contributed by atoms with Gasteiger partial charge in [-0.05, 0) is 79.3 Å². The maximum atomic E-state index is 12.3. The summed E-state index contributed by atoms with van der Waals surface area (Å²) in [7, 11) is -3.28. The predicted octanol–water partition coefficient (Wildman–Crippen LogP) is 4.47. The van der Waals surface area contributed by atoms with Crippen molar-refractivity contribution in [2.24, 2.45) is 0 Å². The van der Waals surface area contributed by atoms with Gasteiger partial charge in [0.25, 0.3) is 0 Å². The number of amides is 1. The third-order valence-electron chi connectivity index (χ3n) is 6.83. The number of rotatable bonds is 3. The molecule has 4 aromatic rings. The van der Waals surface area contributed by atoms with Gasteiger partial charge in [0.1, 0.15) is 11.5 Å². The molecule has 0 unspecified atom stereocenters. The average molecular weight is 495 g/mol. The fourth-order valence-electron chi connectivity index (χ4n) is 4.64. The number of aromatic nitrogens is 2.